The molecule has 21 heavy (non-hydrogen) atoms. The van der Waals surface area contributed by atoms with E-state index in [2.05, 4.69) is 53.8 Å². The molecule has 0 aliphatic rings. The smallest absolute Gasteiger partial charge is 0.0639 e. The van der Waals surface area contributed by atoms with Gasteiger partial charge in [-0.05, 0) is 29.7 Å². The largest absolute Gasteiger partial charge is 0.385 e. The van der Waals surface area contributed by atoms with Gasteiger partial charge in [0.2, 0.25) is 0 Å². The number of nitrogens with one attached hydrogen (secondary N) is 1. The predicted octanol–water partition coefficient (Wildman–Crippen LogP) is 3.82. The van der Waals surface area contributed by atoms with E-state index in [9.17, 15) is 0 Å². The van der Waals surface area contributed by atoms with Crippen LogP contribution in [-0.2, 0) is 9.47 Å². The minimum absolute atomic E-state index is 0.712. The van der Waals surface area contributed by atoms with Crippen LogP contribution in [0.3, 0.4) is 0 Å². The van der Waals surface area contributed by atoms with Gasteiger partial charge >= 0.3 is 0 Å². The lowest BCUT2D eigenvalue weighted by Gasteiger charge is -2.08. The Labute approximate surface area is 126 Å². The topological polar surface area (TPSA) is 30.5 Å². The molecule has 0 fully saturated rings. The van der Waals surface area contributed by atoms with Crippen molar-refractivity contribution >= 4 is 5.69 Å². The average molecular weight is 285 g/mol. The highest BCUT2D eigenvalue weighted by atomic mass is 16.5. The summed E-state index contributed by atoms with van der Waals surface area (Å²) >= 11 is 0. The van der Waals surface area contributed by atoms with Gasteiger partial charge in [0, 0.05) is 32.6 Å². The Morgan fingerprint density at radius 3 is 2.24 bits per heavy atom. The summed E-state index contributed by atoms with van der Waals surface area (Å²) in [6.07, 6.45) is 0.947. The molecule has 1 N–H and O–H groups in total. The van der Waals surface area contributed by atoms with E-state index in [0.29, 0.717) is 6.61 Å². The lowest BCUT2D eigenvalue weighted by Crippen LogP contribution is -2.10. The molecular weight excluding hydrogens is 262 g/mol. The Kier molecular flexibility index (Phi) is 6.78. The summed E-state index contributed by atoms with van der Waals surface area (Å²) in [6, 6.07) is 18.9. The highest BCUT2D eigenvalue weighted by Gasteiger charge is 1.97. The number of anilines is 1. The van der Waals surface area contributed by atoms with E-state index in [1.165, 1.54) is 11.1 Å². The molecule has 0 atom stereocenters. The van der Waals surface area contributed by atoms with E-state index < -0.39 is 0 Å². The van der Waals surface area contributed by atoms with Crippen molar-refractivity contribution in [1.29, 1.82) is 0 Å². The zero-order valence-corrected chi connectivity index (χ0v) is 12.5. The minimum atomic E-state index is 0.712. The summed E-state index contributed by atoms with van der Waals surface area (Å²) < 4.78 is 10.5. The van der Waals surface area contributed by atoms with E-state index in [0.717, 1.165) is 31.9 Å². The van der Waals surface area contributed by atoms with Gasteiger partial charge in [0.1, 0.15) is 0 Å². The normalized spacial score (nSPS) is 10.5. The third-order valence-corrected chi connectivity index (χ3v) is 3.20. The van der Waals surface area contributed by atoms with Crippen molar-refractivity contribution in [3.05, 3.63) is 54.6 Å². The summed E-state index contributed by atoms with van der Waals surface area (Å²) in [5.41, 5.74) is 3.60. The Balaban J connectivity index is 1.71. The highest BCUT2D eigenvalue weighted by Crippen LogP contribution is 2.20. The molecule has 0 bridgehead atoms. The first-order valence-electron chi connectivity index (χ1n) is 7.36. The number of ether oxygens (including phenoxy) is 2. The lowest BCUT2D eigenvalue weighted by atomic mass is 10.1. The molecule has 0 saturated heterocycles. The number of methoxy groups -OCH3 is 1. The number of benzene rings is 2. The first-order valence-corrected chi connectivity index (χ1v) is 7.36. The second kappa shape index (κ2) is 9.16. The van der Waals surface area contributed by atoms with Crippen LogP contribution in [0.1, 0.15) is 6.42 Å². The molecule has 0 radical (unpaired) electrons. The van der Waals surface area contributed by atoms with Crippen molar-refractivity contribution in [2.75, 3.05) is 38.8 Å². The molecule has 2 aromatic rings. The van der Waals surface area contributed by atoms with Crippen molar-refractivity contribution < 1.29 is 9.47 Å². The molecule has 0 aliphatic carbocycles. The van der Waals surface area contributed by atoms with Gasteiger partial charge in [0.15, 0.2) is 0 Å². The van der Waals surface area contributed by atoms with Crippen molar-refractivity contribution in [2.45, 2.75) is 6.42 Å². The molecule has 3 heteroatoms. The van der Waals surface area contributed by atoms with Gasteiger partial charge in [-0.2, -0.15) is 0 Å². The highest BCUT2D eigenvalue weighted by molar-refractivity contribution is 5.65. The van der Waals surface area contributed by atoms with E-state index in [1.807, 2.05) is 6.07 Å². The Morgan fingerprint density at radius 1 is 0.810 bits per heavy atom. The maximum Gasteiger partial charge on any atom is 0.0639 e. The quantitative estimate of drug-likeness (QED) is 0.710. The van der Waals surface area contributed by atoms with Crippen molar-refractivity contribution in [1.82, 2.24) is 0 Å². The zero-order valence-electron chi connectivity index (χ0n) is 12.5. The van der Waals surface area contributed by atoms with Gasteiger partial charge in [-0.3, -0.25) is 0 Å². The van der Waals surface area contributed by atoms with Crippen LogP contribution in [0.2, 0.25) is 0 Å². The van der Waals surface area contributed by atoms with Gasteiger partial charge in [-0.1, -0.05) is 42.5 Å². The van der Waals surface area contributed by atoms with Crippen molar-refractivity contribution in [3.8, 4) is 11.1 Å². The average Bonchev–Trinajstić information content (AvgIpc) is 2.55. The summed E-state index contributed by atoms with van der Waals surface area (Å²) in [6.45, 7) is 3.04. The van der Waals surface area contributed by atoms with Crippen LogP contribution in [0, 0.1) is 0 Å². The second-order valence-corrected chi connectivity index (χ2v) is 4.83. The van der Waals surface area contributed by atoms with Gasteiger partial charge < -0.3 is 14.8 Å². The molecule has 112 valence electrons. The van der Waals surface area contributed by atoms with Crippen molar-refractivity contribution in [3.63, 3.8) is 0 Å². The first kappa shape index (κ1) is 15.5. The van der Waals surface area contributed by atoms with E-state index in [1.54, 1.807) is 7.11 Å². The van der Waals surface area contributed by atoms with Crippen LogP contribution in [0.5, 0.6) is 0 Å². The Hall–Kier alpha value is -1.84. The molecule has 0 amide bonds. The number of rotatable bonds is 9. The van der Waals surface area contributed by atoms with Crippen LogP contribution in [0.4, 0.5) is 5.69 Å². The first-order chi connectivity index (χ1) is 10.4. The molecule has 0 aromatic heterocycles. The van der Waals surface area contributed by atoms with Crippen LogP contribution in [0.25, 0.3) is 11.1 Å². The molecule has 3 nitrogen and oxygen atoms in total. The molecule has 0 saturated carbocycles. The maximum absolute atomic E-state index is 5.51. The molecule has 0 spiro atoms. The standard InChI is InChI=1S/C18H23NO2/c1-20-13-5-14-21-15-12-19-18-10-8-17(9-11-18)16-6-3-2-4-7-16/h2-4,6-11,19H,5,12-15H2,1H3. The minimum Gasteiger partial charge on any atom is -0.385 e. The van der Waals surface area contributed by atoms with Crippen LogP contribution in [0.15, 0.2) is 54.6 Å². The fourth-order valence-corrected chi connectivity index (χ4v) is 2.09. The molecule has 2 rings (SSSR count). The third kappa shape index (κ3) is 5.58. The molecular formula is C18H23NO2. The molecule has 2 aromatic carbocycles. The molecule has 0 unspecified atom stereocenters. The van der Waals surface area contributed by atoms with Crippen molar-refractivity contribution in [2.24, 2.45) is 0 Å². The van der Waals surface area contributed by atoms with Gasteiger partial charge in [-0.25, -0.2) is 0 Å². The summed E-state index contributed by atoms with van der Waals surface area (Å²) in [7, 11) is 1.71. The summed E-state index contributed by atoms with van der Waals surface area (Å²) in [5, 5.41) is 3.36. The SMILES string of the molecule is COCCCOCCNc1ccc(-c2ccccc2)cc1. The second-order valence-electron chi connectivity index (χ2n) is 4.83. The Bertz CT molecular complexity index is 496. The predicted molar refractivity (Wildman–Crippen MR) is 87.7 cm³/mol. The maximum atomic E-state index is 5.51. The molecule has 0 aliphatic heterocycles. The van der Waals surface area contributed by atoms with E-state index in [-0.39, 0.29) is 0 Å². The van der Waals surface area contributed by atoms with Crippen LogP contribution >= 0.6 is 0 Å². The van der Waals surface area contributed by atoms with Gasteiger partial charge in [-0.15, -0.1) is 0 Å². The van der Waals surface area contributed by atoms with Crippen LogP contribution in [-0.4, -0.2) is 33.5 Å². The third-order valence-electron chi connectivity index (χ3n) is 3.20. The van der Waals surface area contributed by atoms with E-state index in [4.69, 9.17) is 9.47 Å². The van der Waals surface area contributed by atoms with Crippen LogP contribution < -0.4 is 5.32 Å². The number of hydrogen-bond acceptors (Lipinski definition) is 3. The fourth-order valence-electron chi connectivity index (χ4n) is 2.09. The zero-order chi connectivity index (χ0) is 14.8. The van der Waals surface area contributed by atoms with Gasteiger partial charge in [0.05, 0.1) is 6.61 Å². The number of hydrogen-bond donors (Lipinski definition) is 1. The van der Waals surface area contributed by atoms with E-state index >= 15 is 0 Å². The van der Waals surface area contributed by atoms with Gasteiger partial charge in [0.25, 0.3) is 0 Å². The summed E-state index contributed by atoms with van der Waals surface area (Å²) in [4.78, 5) is 0. The fraction of sp³-hybridized carbons (Fsp3) is 0.333. The summed E-state index contributed by atoms with van der Waals surface area (Å²) in [5.74, 6) is 0. The molecule has 0 heterocycles. The monoisotopic (exact) mass is 285 g/mol. The Morgan fingerprint density at radius 2 is 1.52 bits per heavy atom. The lowest BCUT2D eigenvalue weighted by molar-refractivity contribution is 0.109.